The zero-order valence-corrected chi connectivity index (χ0v) is 12.4. The van der Waals surface area contributed by atoms with Gasteiger partial charge in [-0.2, -0.15) is 0 Å². The van der Waals surface area contributed by atoms with Crippen molar-refractivity contribution in [2.24, 2.45) is 0 Å². The third-order valence-electron chi connectivity index (χ3n) is 3.51. The minimum absolute atomic E-state index is 0.0149. The Morgan fingerprint density at radius 2 is 2.00 bits per heavy atom. The van der Waals surface area contributed by atoms with Gasteiger partial charge < -0.3 is 15.1 Å². The van der Waals surface area contributed by atoms with Gasteiger partial charge in [-0.3, -0.25) is 9.78 Å². The van der Waals surface area contributed by atoms with Gasteiger partial charge in [-0.25, -0.2) is 4.79 Å². The Hall–Kier alpha value is -2.11. The molecule has 1 N–H and O–H groups in total. The first-order valence-corrected chi connectivity index (χ1v) is 7.44. The van der Waals surface area contributed by atoms with Crippen molar-refractivity contribution >= 4 is 11.9 Å². The first-order valence-electron chi connectivity index (χ1n) is 7.44. The summed E-state index contributed by atoms with van der Waals surface area (Å²) in [6, 6.07) is 3.49. The number of carbonyl (C=O) groups excluding carboxylic acids is 2. The molecule has 1 fully saturated rings. The van der Waals surface area contributed by atoms with E-state index >= 15 is 0 Å². The lowest BCUT2D eigenvalue weighted by Crippen LogP contribution is -2.42. The van der Waals surface area contributed by atoms with Crippen LogP contribution in [0.2, 0.25) is 0 Å². The lowest BCUT2D eigenvalue weighted by atomic mass is 10.2. The molecule has 6 nitrogen and oxygen atoms in total. The highest BCUT2D eigenvalue weighted by Gasteiger charge is 2.22. The van der Waals surface area contributed by atoms with Crippen LogP contribution in [0, 0.1) is 0 Å². The van der Waals surface area contributed by atoms with Gasteiger partial charge in [0, 0.05) is 45.1 Å². The van der Waals surface area contributed by atoms with Gasteiger partial charge in [0.05, 0.1) is 5.56 Å². The van der Waals surface area contributed by atoms with Gasteiger partial charge in [-0.05, 0) is 25.0 Å². The van der Waals surface area contributed by atoms with E-state index in [4.69, 9.17) is 0 Å². The molecule has 2 rings (SSSR count). The molecule has 0 bridgehead atoms. The van der Waals surface area contributed by atoms with Gasteiger partial charge >= 0.3 is 6.03 Å². The Morgan fingerprint density at radius 1 is 1.24 bits per heavy atom. The first kappa shape index (κ1) is 15.3. The average molecular weight is 290 g/mol. The molecule has 0 spiro atoms. The lowest BCUT2D eigenvalue weighted by Gasteiger charge is -2.22. The van der Waals surface area contributed by atoms with Crippen LogP contribution >= 0.6 is 0 Å². The molecular formula is C15H22N4O2. The van der Waals surface area contributed by atoms with Gasteiger partial charge in [0.1, 0.15) is 0 Å². The highest BCUT2D eigenvalue weighted by molar-refractivity contribution is 5.93. The molecule has 0 aliphatic carbocycles. The summed E-state index contributed by atoms with van der Waals surface area (Å²) in [5.74, 6) is -0.0149. The fourth-order valence-electron chi connectivity index (χ4n) is 2.34. The van der Waals surface area contributed by atoms with E-state index in [-0.39, 0.29) is 11.9 Å². The molecule has 0 unspecified atom stereocenters. The van der Waals surface area contributed by atoms with Crippen molar-refractivity contribution in [3.63, 3.8) is 0 Å². The number of amides is 3. The van der Waals surface area contributed by atoms with Gasteiger partial charge in [-0.1, -0.05) is 6.92 Å². The molecule has 1 saturated heterocycles. The number of rotatable bonds is 3. The average Bonchev–Trinajstić information content (AvgIpc) is 2.79. The van der Waals surface area contributed by atoms with Crippen LogP contribution in [0.1, 0.15) is 30.1 Å². The number of hydrogen-bond acceptors (Lipinski definition) is 3. The summed E-state index contributed by atoms with van der Waals surface area (Å²) in [6.07, 6.45) is 4.95. The zero-order valence-electron chi connectivity index (χ0n) is 12.4. The maximum absolute atomic E-state index is 12.4. The van der Waals surface area contributed by atoms with E-state index in [9.17, 15) is 9.59 Å². The molecule has 1 aromatic heterocycles. The fourth-order valence-corrected chi connectivity index (χ4v) is 2.34. The number of nitrogens with one attached hydrogen (secondary N) is 1. The SMILES string of the molecule is CCCNC(=O)N1CCCN(C(=O)c2cccnc2)CC1. The van der Waals surface area contributed by atoms with E-state index in [2.05, 4.69) is 10.3 Å². The molecule has 21 heavy (non-hydrogen) atoms. The Morgan fingerprint density at radius 3 is 2.71 bits per heavy atom. The lowest BCUT2D eigenvalue weighted by molar-refractivity contribution is 0.0762. The van der Waals surface area contributed by atoms with E-state index in [1.165, 1.54) is 0 Å². The predicted molar refractivity (Wildman–Crippen MR) is 80.0 cm³/mol. The van der Waals surface area contributed by atoms with Gasteiger partial charge in [0.2, 0.25) is 0 Å². The molecule has 0 aromatic carbocycles. The third-order valence-corrected chi connectivity index (χ3v) is 3.51. The Labute approximate surface area is 125 Å². The van der Waals surface area contributed by atoms with E-state index in [0.29, 0.717) is 38.3 Å². The molecule has 114 valence electrons. The van der Waals surface area contributed by atoms with Gasteiger partial charge in [-0.15, -0.1) is 0 Å². The van der Waals surface area contributed by atoms with Crippen molar-refractivity contribution in [2.45, 2.75) is 19.8 Å². The minimum atomic E-state index is -0.0347. The second kappa shape index (κ2) is 7.61. The molecule has 0 radical (unpaired) electrons. The molecule has 0 atom stereocenters. The van der Waals surface area contributed by atoms with Crippen LogP contribution in [0.25, 0.3) is 0 Å². The van der Waals surface area contributed by atoms with Crippen LogP contribution in [0.5, 0.6) is 0 Å². The molecule has 1 aromatic rings. The van der Waals surface area contributed by atoms with Crippen LogP contribution in [-0.4, -0.2) is 59.4 Å². The summed E-state index contributed by atoms with van der Waals surface area (Å²) in [4.78, 5) is 31.9. The molecule has 0 saturated carbocycles. The summed E-state index contributed by atoms with van der Waals surface area (Å²) in [5.41, 5.74) is 0.599. The summed E-state index contributed by atoms with van der Waals surface area (Å²) < 4.78 is 0. The summed E-state index contributed by atoms with van der Waals surface area (Å²) in [7, 11) is 0. The maximum atomic E-state index is 12.4. The van der Waals surface area contributed by atoms with E-state index in [1.807, 2.05) is 6.92 Å². The largest absolute Gasteiger partial charge is 0.338 e. The summed E-state index contributed by atoms with van der Waals surface area (Å²) >= 11 is 0. The molecule has 6 heteroatoms. The number of pyridine rings is 1. The predicted octanol–water partition coefficient (Wildman–Crippen LogP) is 1.35. The van der Waals surface area contributed by atoms with Crippen molar-refractivity contribution < 1.29 is 9.59 Å². The van der Waals surface area contributed by atoms with E-state index in [0.717, 1.165) is 12.8 Å². The molecular weight excluding hydrogens is 268 g/mol. The topological polar surface area (TPSA) is 65.5 Å². The van der Waals surface area contributed by atoms with Crippen LogP contribution < -0.4 is 5.32 Å². The number of hydrogen-bond donors (Lipinski definition) is 1. The Balaban J connectivity index is 1.91. The molecule has 2 heterocycles. The fraction of sp³-hybridized carbons (Fsp3) is 0.533. The van der Waals surface area contributed by atoms with Crippen molar-refractivity contribution in [1.29, 1.82) is 0 Å². The van der Waals surface area contributed by atoms with Crippen molar-refractivity contribution in [3.8, 4) is 0 Å². The number of carbonyl (C=O) groups is 2. The van der Waals surface area contributed by atoms with E-state index in [1.54, 1.807) is 34.3 Å². The van der Waals surface area contributed by atoms with Crippen molar-refractivity contribution in [2.75, 3.05) is 32.7 Å². The molecule has 1 aliphatic heterocycles. The monoisotopic (exact) mass is 290 g/mol. The first-order chi connectivity index (χ1) is 10.2. The number of urea groups is 1. The summed E-state index contributed by atoms with van der Waals surface area (Å²) in [6.45, 7) is 5.21. The van der Waals surface area contributed by atoms with Crippen molar-refractivity contribution in [3.05, 3.63) is 30.1 Å². The van der Waals surface area contributed by atoms with Gasteiger partial charge in [0.15, 0.2) is 0 Å². The number of aromatic nitrogens is 1. The van der Waals surface area contributed by atoms with Crippen LogP contribution in [0.4, 0.5) is 4.79 Å². The summed E-state index contributed by atoms with van der Waals surface area (Å²) in [5, 5.41) is 2.88. The standard InChI is InChI=1S/C15H22N4O2/c1-2-6-17-15(21)19-9-4-8-18(10-11-19)14(20)13-5-3-7-16-12-13/h3,5,7,12H,2,4,6,8-11H2,1H3,(H,17,21). The normalized spacial score (nSPS) is 15.5. The van der Waals surface area contributed by atoms with Gasteiger partial charge in [0.25, 0.3) is 5.91 Å². The second-order valence-electron chi connectivity index (χ2n) is 5.11. The second-order valence-corrected chi connectivity index (χ2v) is 5.11. The number of nitrogens with zero attached hydrogens (tertiary/aromatic N) is 3. The Bertz CT molecular complexity index is 478. The van der Waals surface area contributed by atoms with Crippen LogP contribution in [-0.2, 0) is 0 Å². The highest BCUT2D eigenvalue weighted by atomic mass is 16.2. The Kier molecular flexibility index (Phi) is 5.54. The quantitative estimate of drug-likeness (QED) is 0.914. The van der Waals surface area contributed by atoms with Crippen LogP contribution in [0.15, 0.2) is 24.5 Å². The molecule has 3 amide bonds. The van der Waals surface area contributed by atoms with E-state index < -0.39 is 0 Å². The van der Waals surface area contributed by atoms with Crippen LogP contribution in [0.3, 0.4) is 0 Å². The zero-order chi connectivity index (χ0) is 15.1. The third kappa shape index (κ3) is 4.18. The maximum Gasteiger partial charge on any atom is 0.317 e. The molecule has 1 aliphatic rings. The van der Waals surface area contributed by atoms with Crippen molar-refractivity contribution in [1.82, 2.24) is 20.1 Å². The minimum Gasteiger partial charge on any atom is -0.338 e. The smallest absolute Gasteiger partial charge is 0.317 e. The highest BCUT2D eigenvalue weighted by Crippen LogP contribution is 2.08.